The summed E-state index contributed by atoms with van der Waals surface area (Å²) < 4.78 is 39.4. The van der Waals surface area contributed by atoms with Gasteiger partial charge in [-0.3, -0.25) is 4.79 Å². The van der Waals surface area contributed by atoms with Crippen molar-refractivity contribution in [1.29, 1.82) is 0 Å². The number of carbonyl (C=O) groups excluding carboxylic acids is 1. The highest BCUT2D eigenvalue weighted by molar-refractivity contribution is 5.84. The van der Waals surface area contributed by atoms with Crippen molar-refractivity contribution in [3.63, 3.8) is 0 Å². The van der Waals surface area contributed by atoms with Crippen LogP contribution in [0.4, 0.5) is 13.2 Å². The Kier molecular flexibility index (Phi) is 8.70. The predicted molar refractivity (Wildman–Crippen MR) is 149 cm³/mol. The normalized spacial score (nSPS) is 26.1. The van der Waals surface area contributed by atoms with E-state index in [-0.39, 0.29) is 5.41 Å². The maximum atomic E-state index is 14.2. The molecule has 1 aliphatic heterocycles. The van der Waals surface area contributed by atoms with E-state index in [9.17, 15) is 18.0 Å². The lowest BCUT2D eigenvalue weighted by molar-refractivity contribution is -0.143. The summed E-state index contributed by atoms with van der Waals surface area (Å²) in [5.74, 6) is 1.41. The molecule has 212 valence electrons. The van der Waals surface area contributed by atoms with Crippen molar-refractivity contribution in [1.82, 2.24) is 9.80 Å². The van der Waals surface area contributed by atoms with Crippen LogP contribution in [-0.4, -0.2) is 47.9 Å². The van der Waals surface area contributed by atoms with Crippen LogP contribution < -0.4 is 0 Å². The molecular weight excluding hydrogens is 497 g/mol. The molecule has 3 aliphatic rings. The summed E-state index contributed by atoms with van der Waals surface area (Å²) in [7, 11) is 0. The third-order valence-corrected chi connectivity index (χ3v) is 9.78. The number of likely N-dealkylation sites (tertiary alicyclic amines) is 1. The molecule has 0 N–H and O–H groups in total. The average molecular weight is 541 g/mol. The van der Waals surface area contributed by atoms with E-state index in [2.05, 4.69) is 47.1 Å². The van der Waals surface area contributed by atoms with E-state index in [0.29, 0.717) is 48.7 Å². The molecular formula is C33H43F3N2O. The second-order valence-corrected chi connectivity index (χ2v) is 12.2. The summed E-state index contributed by atoms with van der Waals surface area (Å²) in [5.41, 5.74) is 1.30. The van der Waals surface area contributed by atoms with Gasteiger partial charge in [-0.1, -0.05) is 61.9 Å². The number of rotatable bonds is 9. The smallest absolute Gasteiger partial charge is 0.342 e. The Morgan fingerprint density at radius 3 is 2.51 bits per heavy atom. The van der Waals surface area contributed by atoms with Gasteiger partial charge in [-0.05, 0) is 99.9 Å². The van der Waals surface area contributed by atoms with E-state index in [0.717, 1.165) is 64.2 Å². The first-order valence-corrected chi connectivity index (χ1v) is 15.0. The van der Waals surface area contributed by atoms with Crippen molar-refractivity contribution in [3.8, 4) is 0 Å². The first-order valence-electron chi connectivity index (χ1n) is 15.0. The number of hydrogen-bond acceptors (Lipinski definition) is 2. The summed E-state index contributed by atoms with van der Waals surface area (Å²) in [6.07, 6.45) is 5.54. The SMILES string of the molecule is CCCN(CCCc1cccc(C(F)(F)F)c1)C(=O)C12CCCC1CC(N1CCC(c3ccccc3)CC1)C2. The molecule has 1 amide bonds. The highest BCUT2D eigenvalue weighted by Gasteiger charge is 2.56. The van der Waals surface area contributed by atoms with Gasteiger partial charge >= 0.3 is 6.18 Å². The van der Waals surface area contributed by atoms with Crippen LogP contribution in [0.5, 0.6) is 0 Å². The number of fused-ring (bicyclic) bond motifs is 1. The van der Waals surface area contributed by atoms with Crippen LogP contribution in [0.3, 0.4) is 0 Å². The number of carbonyl (C=O) groups is 1. The minimum atomic E-state index is -4.33. The molecule has 0 bridgehead atoms. The Balaban J connectivity index is 1.20. The zero-order chi connectivity index (χ0) is 27.5. The van der Waals surface area contributed by atoms with Crippen molar-refractivity contribution in [2.75, 3.05) is 26.2 Å². The molecule has 0 aromatic heterocycles. The van der Waals surface area contributed by atoms with E-state index in [1.165, 1.54) is 30.5 Å². The van der Waals surface area contributed by atoms with Crippen LogP contribution >= 0.6 is 0 Å². The maximum absolute atomic E-state index is 14.2. The largest absolute Gasteiger partial charge is 0.416 e. The van der Waals surface area contributed by atoms with Gasteiger partial charge in [0.05, 0.1) is 11.0 Å². The van der Waals surface area contributed by atoms with Gasteiger partial charge in [0.2, 0.25) is 5.91 Å². The summed E-state index contributed by atoms with van der Waals surface area (Å²) in [6.45, 7) is 5.66. The molecule has 1 saturated heterocycles. The fourth-order valence-corrected chi connectivity index (χ4v) is 7.84. The van der Waals surface area contributed by atoms with Gasteiger partial charge in [-0.2, -0.15) is 13.2 Å². The zero-order valence-corrected chi connectivity index (χ0v) is 23.3. The first-order chi connectivity index (χ1) is 18.8. The number of aryl methyl sites for hydroxylation is 1. The summed E-state index contributed by atoms with van der Waals surface area (Å²) >= 11 is 0. The van der Waals surface area contributed by atoms with Crippen molar-refractivity contribution in [2.45, 2.75) is 89.3 Å². The second-order valence-electron chi connectivity index (χ2n) is 12.2. The quantitative estimate of drug-likeness (QED) is 0.325. The molecule has 0 radical (unpaired) electrons. The summed E-state index contributed by atoms with van der Waals surface area (Å²) in [6, 6.07) is 17.0. The molecule has 6 heteroatoms. The lowest BCUT2D eigenvalue weighted by Gasteiger charge is -2.38. The number of nitrogens with zero attached hydrogens (tertiary/aromatic N) is 2. The molecule has 5 rings (SSSR count). The minimum absolute atomic E-state index is 0.244. The van der Waals surface area contributed by atoms with Gasteiger partial charge < -0.3 is 9.80 Å². The highest BCUT2D eigenvalue weighted by Crippen LogP contribution is 2.56. The van der Waals surface area contributed by atoms with E-state index in [4.69, 9.17) is 0 Å². The van der Waals surface area contributed by atoms with Crippen molar-refractivity contribution in [2.24, 2.45) is 11.3 Å². The second kappa shape index (κ2) is 12.0. The van der Waals surface area contributed by atoms with E-state index >= 15 is 0 Å². The molecule has 3 atom stereocenters. The number of halogens is 3. The molecule has 1 heterocycles. The zero-order valence-electron chi connectivity index (χ0n) is 23.3. The first kappa shape index (κ1) is 28.2. The number of benzene rings is 2. The van der Waals surface area contributed by atoms with Crippen LogP contribution in [0.25, 0.3) is 0 Å². The van der Waals surface area contributed by atoms with Gasteiger partial charge in [0.1, 0.15) is 0 Å². The van der Waals surface area contributed by atoms with Crippen molar-refractivity contribution >= 4 is 5.91 Å². The van der Waals surface area contributed by atoms with Gasteiger partial charge in [-0.15, -0.1) is 0 Å². The number of hydrogen-bond donors (Lipinski definition) is 0. The Bertz CT molecular complexity index is 1100. The fourth-order valence-electron chi connectivity index (χ4n) is 7.84. The fraction of sp³-hybridized carbons (Fsp3) is 0.606. The third kappa shape index (κ3) is 6.21. The van der Waals surface area contributed by atoms with E-state index < -0.39 is 11.7 Å². The number of piperidine rings is 1. The molecule has 2 aliphatic carbocycles. The topological polar surface area (TPSA) is 23.6 Å². The van der Waals surface area contributed by atoms with Crippen LogP contribution in [-0.2, 0) is 17.4 Å². The third-order valence-electron chi connectivity index (χ3n) is 9.78. The van der Waals surface area contributed by atoms with Gasteiger partial charge in [0, 0.05) is 19.1 Å². The number of amides is 1. The Labute approximate surface area is 231 Å². The monoisotopic (exact) mass is 540 g/mol. The van der Waals surface area contributed by atoms with Gasteiger partial charge in [0.25, 0.3) is 0 Å². The molecule has 2 aromatic rings. The molecule has 2 aromatic carbocycles. The molecule has 0 spiro atoms. The molecule has 2 saturated carbocycles. The van der Waals surface area contributed by atoms with Crippen LogP contribution in [0.2, 0.25) is 0 Å². The molecule has 39 heavy (non-hydrogen) atoms. The highest BCUT2D eigenvalue weighted by atomic mass is 19.4. The van der Waals surface area contributed by atoms with Crippen LogP contribution in [0, 0.1) is 11.3 Å². The minimum Gasteiger partial charge on any atom is -0.342 e. The molecule has 3 unspecified atom stereocenters. The van der Waals surface area contributed by atoms with Crippen molar-refractivity contribution < 1.29 is 18.0 Å². The maximum Gasteiger partial charge on any atom is 0.416 e. The van der Waals surface area contributed by atoms with Crippen molar-refractivity contribution in [3.05, 3.63) is 71.3 Å². The molecule has 3 fully saturated rings. The van der Waals surface area contributed by atoms with E-state index in [1.54, 1.807) is 6.07 Å². The van der Waals surface area contributed by atoms with Gasteiger partial charge in [0.15, 0.2) is 0 Å². The molecule has 3 nitrogen and oxygen atoms in total. The standard InChI is InChI=1S/C33H43F3N2O/c1-2-18-38(19-8-10-25-9-6-13-29(22-25)33(34,35)36)31(39)32-17-7-14-28(32)23-30(24-32)37-20-15-27(16-21-37)26-11-4-3-5-12-26/h3-6,9,11-13,22,27-28,30H,2,7-8,10,14-21,23-24H2,1H3. The Hall–Kier alpha value is -2.34. The van der Waals surface area contributed by atoms with Crippen LogP contribution in [0.1, 0.15) is 87.3 Å². The lowest BCUT2D eigenvalue weighted by atomic mass is 9.78. The summed E-state index contributed by atoms with van der Waals surface area (Å²) in [5, 5.41) is 0. The Morgan fingerprint density at radius 2 is 1.79 bits per heavy atom. The summed E-state index contributed by atoms with van der Waals surface area (Å²) in [4.78, 5) is 18.9. The van der Waals surface area contributed by atoms with Gasteiger partial charge in [-0.25, -0.2) is 0 Å². The average Bonchev–Trinajstić information content (AvgIpc) is 3.51. The van der Waals surface area contributed by atoms with Crippen LogP contribution in [0.15, 0.2) is 54.6 Å². The number of alkyl halides is 3. The van der Waals surface area contributed by atoms with E-state index in [1.807, 2.05) is 0 Å². The predicted octanol–water partition coefficient (Wildman–Crippen LogP) is 7.71. The Morgan fingerprint density at radius 1 is 1.03 bits per heavy atom. The lowest BCUT2D eigenvalue weighted by Crippen LogP contribution is -2.46.